The minimum Gasteiger partial charge on any atom is -0.372 e. The molecule has 0 amide bonds. The Kier molecular flexibility index (Phi) is 13.8. The lowest BCUT2D eigenvalue weighted by Gasteiger charge is -2.18. The average molecular weight is 539 g/mol. The predicted octanol–water partition coefficient (Wildman–Crippen LogP) is 7.30. The Labute approximate surface area is 224 Å². The van der Waals surface area contributed by atoms with Gasteiger partial charge in [0.2, 0.25) is 0 Å². The lowest BCUT2D eigenvalue weighted by molar-refractivity contribution is -0.174. The van der Waals surface area contributed by atoms with Crippen LogP contribution in [0.5, 0.6) is 0 Å². The molecule has 5 nitrogen and oxygen atoms in total. The molecule has 2 aliphatic rings. The lowest BCUT2D eigenvalue weighted by atomic mass is 9.84. The van der Waals surface area contributed by atoms with Gasteiger partial charge in [0.15, 0.2) is 23.1 Å². The molecule has 0 unspecified atom stereocenters. The third-order valence-electron chi connectivity index (χ3n) is 7.02. The van der Waals surface area contributed by atoms with Gasteiger partial charge in [0, 0.05) is 45.6 Å². The van der Waals surface area contributed by atoms with Crippen molar-refractivity contribution in [1.29, 1.82) is 0 Å². The van der Waals surface area contributed by atoms with E-state index in [2.05, 4.69) is 4.74 Å². The molecule has 0 N–H and O–H groups in total. The number of ether oxygens (including phenoxy) is 1. The number of alkyl halides is 3. The van der Waals surface area contributed by atoms with E-state index in [4.69, 9.17) is 0 Å². The molecule has 0 radical (unpaired) electrons. The number of Topliss-reactive ketones (excluding diaryl/α,β-unsaturated/α-hetero) is 3. The van der Waals surface area contributed by atoms with Crippen molar-refractivity contribution in [2.45, 2.75) is 106 Å². The highest BCUT2D eigenvalue weighted by Crippen LogP contribution is 2.27. The monoisotopic (exact) mass is 538 g/mol. The van der Waals surface area contributed by atoms with E-state index >= 15 is 0 Å². The van der Waals surface area contributed by atoms with Gasteiger partial charge in [-0.3, -0.25) is 19.2 Å². The molecule has 8 heteroatoms. The van der Waals surface area contributed by atoms with E-state index in [9.17, 15) is 32.3 Å². The Morgan fingerprint density at radius 1 is 0.605 bits per heavy atom. The molecule has 0 spiro atoms. The normalized spacial score (nSPS) is 16.8. The van der Waals surface area contributed by atoms with Crippen LogP contribution in [0.2, 0.25) is 0 Å². The second-order valence-corrected chi connectivity index (χ2v) is 10.0. The summed E-state index contributed by atoms with van der Waals surface area (Å²) >= 11 is 0. The second-order valence-electron chi connectivity index (χ2n) is 10.0. The quantitative estimate of drug-likeness (QED) is 0.192. The first-order valence-corrected chi connectivity index (χ1v) is 13.2. The highest BCUT2D eigenvalue weighted by molar-refractivity contribution is 6.24. The fourth-order valence-electron chi connectivity index (χ4n) is 4.23. The number of allylic oxidation sites excluding steroid dienone is 8. The van der Waals surface area contributed by atoms with Crippen LogP contribution in [0, 0.1) is 0 Å². The van der Waals surface area contributed by atoms with Gasteiger partial charge in [0.1, 0.15) is 6.61 Å². The van der Waals surface area contributed by atoms with Crippen molar-refractivity contribution in [3.05, 3.63) is 45.1 Å². The Bertz CT molecular complexity index is 1040. The third-order valence-corrected chi connectivity index (χ3v) is 7.02. The summed E-state index contributed by atoms with van der Waals surface area (Å²) in [6.45, 7) is 9.19. The standard InChI is InChI=1S/C21H31F3O3.C9H10O2/c1-15-16(2)20(26)18(17(3)19(15)25)12-10-8-6-4-5-7-9-11-13-27-14-21(22,23)24;1-5-4-8(10)6(2)7(3)9(5)11/h4-14H2,1-3H3;4H,1-3H3. The molecule has 0 aromatic carbocycles. The van der Waals surface area contributed by atoms with Crippen LogP contribution in [0.1, 0.15) is 99.3 Å². The van der Waals surface area contributed by atoms with E-state index in [1.54, 1.807) is 41.5 Å². The van der Waals surface area contributed by atoms with E-state index in [0.29, 0.717) is 51.9 Å². The van der Waals surface area contributed by atoms with Crippen molar-refractivity contribution in [3.63, 3.8) is 0 Å². The van der Waals surface area contributed by atoms with Gasteiger partial charge in [-0.05, 0) is 66.9 Å². The molecule has 2 aliphatic carbocycles. The van der Waals surface area contributed by atoms with Crippen LogP contribution in [0.4, 0.5) is 13.2 Å². The van der Waals surface area contributed by atoms with E-state index in [1.807, 2.05) is 0 Å². The van der Waals surface area contributed by atoms with Crippen molar-refractivity contribution in [1.82, 2.24) is 0 Å². The van der Waals surface area contributed by atoms with E-state index in [1.165, 1.54) is 6.08 Å². The van der Waals surface area contributed by atoms with Gasteiger partial charge in [0.05, 0.1) is 0 Å². The van der Waals surface area contributed by atoms with Gasteiger partial charge in [-0.25, -0.2) is 0 Å². The number of carbonyl (C=O) groups is 4. The zero-order valence-corrected chi connectivity index (χ0v) is 23.5. The van der Waals surface area contributed by atoms with Gasteiger partial charge in [-0.15, -0.1) is 0 Å². The summed E-state index contributed by atoms with van der Waals surface area (Å²) in [5.41, 5.74) is 4.08. The number of ketones is 4. The largest absolute Gasteiger partial charge is 0.411 e. The van der Waals surface area contributed by atoms with Crippen molar-refractivity contribution in [3.8, 4) is 0 Å². The lowest BCUT2D eigenvalue weighted by Crippen LogP contribution is -2.20. The maximum Gasteiger partial charge on any atom is 0.411 e. The molecule has 38 heavy (non-hydrogen) atoms. The average Bonchev–Trinajstić information content (AvgIpc) is 2.86. The van der Waals surface area contributed by atoms with Crippen molar-refractivity contribution < 1.29 is 37.1 Å². The van der Waals surface area contributed by atoms with Gasteiger partial charge in [0.25, 0.3) is 0 Å². The summed E-state index contributed by atoms with van der Waals surface area (Å²) < 4.78 is 40.2. The summed E-state index contributed by atoms with van der Waals surface area (Å²) in [7, 11) is 0. The number of hydrogen-bond donors (Lipinski definition) is 0. The molecule has 0 fully saturated rings. The van der Waals surface area contributed by atoms with Crippen LogP contribution in [-0.2, 0) is 23.9 Å². The topological polar surface area (TPSA) is 77.5 Å². The zero-order chi connectivity index (χ0) is 29.0. The minimum atomic E-state index is -4.24. The highest BCUT2D eigenvalue weighted by Gasteiger charge is 2.28. The van der Waals surface area contributed by atoms with Crippen LogP contribution in [0.25, 0.3) is 0 Å². The number of rotatable bonds is 12. The molecular formula is C30H41F3O5. The van der Waals surface area contributed by atoms with Crippen molar-refractivity contribution in [2.24, 2.45) is 0 Å². The van der Waals surface area contributed by atoms with Crippen molar-refractivity contribution in [2.75, 3.05) is 13.2 Å². The van der Waals surface area contributed by atoms with Gasteiger partial charge < -0.3 is 4.74 Å². The Morgan fingerprint density at radius 3 is 1.63 bits per heavy atom. The fourth-order valence-corrected chi connectivity index (χ4v) is 4.23. The molecule has 0 aromatic rings. The summed E-state index contributed by atoms with van der Waals surface area (Å²) in [6, 6.07) is 0. The molecule has 0 atom stereocenters. The molecule has 212 valence electrons. The number of halogens is 3. The Morgan fingerprint density at radius 2 is 1.08 bits per heavy atom. The minimum absolute atomic E-state index is 0.0114. The fraction of sp³-hybridized carbons (Fsp3) is 0.600. The zero-order valence-electron chi connectivity index (χ0n) is 23.5. The summed E-state index contributed by atoms with van der Waals surface area (Å²) in [4.78, 5) is 46.7. The first-order valence-electron chi connectivity index (χ1n) is 13.2. The molecule has 2 rings (SSSR count). The van der Waals surface area contributed by atoms with E-state index in [0.717, 1.165) is 44.9 Å². The molecular weight excluding hydrogens is 497 g/mol. The van der Waals surface area contributed by atoms with Crippen LogP contribution >= 0.6 is 0 Å². The SMILES string of the molecule is CC1=C(C)C(=O)C(CCCCCCCCCCOCC(F)(F)F)=C(C)C1=O.CC1=CC(=O)C(C)=C(C)C1=O. The summed E-state index contributed by atoms with van der Waals surface area (Å²) in [5, 5.41) is 0. The van der Waals surface area contributed by atoms with Crippen molar-refractivity contribution >= 4 is 23.1 Å². The maximum absolute atomic E-state index is 12.3. The van der Waals surface area contributed by atoms with E-state index < -0.39 is 12.8 Å². The van der Waals surface area contributed by atoms with Gasteiger partial charge in [-0.1, -0.05) is 38.5 Å². The molecule has 0 aromatic heterocycles. The van der Waals surface area contributed by atoms with Gasteiger partial charge >= 0.3 is 6.18 Å². The number of unbranched alkanes of at least 4 members (excludes halogenated alkanes) is 7. The second kappa shape index (κ2) is 15.7. The summed E-state index contributed by atoms with van der Waals surface area (Å²) in [6.07, 6.45) is 5.43. The molecule has 0 saturated heterocycles. The van der Waals surface area contributed by atoms with Crippen LogP contribution in [-0.4, -0.2) is 42.5 Å². The number of hydrogen-bond acceptors (Lipinski definition) is 5. The maximum atomic E-state index is 12.3. The molecule has 0 aliphatic heterocycles. The predicted molar refractivity (Wildman–Crippen MR) is 142 cm³/mol. The number of carbonyl (C=O) groups excluding carboxylic acids is 4. The molecule has 0 heterocycles. The Hall–Kier alpha value is -2.61. The van der Waals surface area contributed by atoms with Crippen LogP contribution in [0.15, 0.2) is 45.1 Å². The Balaban J connectivity index is 0.000000544. The van der Waals surface area contributed by atoms with E-state index in [-0.39, 0.29) is 29.7 Å². The molecule has 0 saturated carbocycles. The van der Waals surface area contributed by atoms with Crippen LogP contribution < -0.4 is 0 Å². The van der Waals surface area contributed by atoms with Crippen LogP contribution in [0.3, 0.4) is 0 Å². The highest BCUT2D eigenvalue weighted by atomic mass is 19.4. The first kappa shape index (κ1) is 33.4. The van der Waals surface area contributed by atoms with Gasteiger partial charge in [-0.2, -0.15) is 13.2 Å². The molecule has 0 bridgehead atoms. The third kappa shape index (κ3) is 10.6. The first-order chi connectivity index (χ1) is 17.7. The smallest absolute Gasteiger partial charge is 0.372 e. The summed E-state index contributed by atoms with van der Waals surface area (Å²) in [5.74, 6) is -0.0552.